The second-order valence-electron chi connectivity index (χ2n) is 5.55. The van der Waals surface area contributed by atoms with Crippen molar-refractivity contribution in [3.63, 3.8) is 0 Å². The van der Waals surface area contributed by atoms with Crippen molar-refractivity contribution in [2.75, 3.05) is 6.61 Å². The van der Waals surface area contributed by atoms with E-state index in [0.717, 1.165) is 11.5 Å². The van der Waals surface area contributed by atoms with Crippen LogP contribution in [-0.2, 0) is 22.7 Å². The second kappa shape index (κ2) is 7.34. The third kappa shape index (κ3) is 4.94. The monoisotopic (exact) mass is 434 g/mol. The van der Waals surface area contributed by atoms with Crippen LogP contribution in [0.4, 0.5) is 0 Å². The molecule has 0 saturated carbocycles. The molecule has 1 aromatic rings. The Kier molecular flexibility index (Phi) is 6.08. The molecule has 1 aromatic heterocycles. The third-order valence-corrected chi connectivity index (χ3v) is 5.86. The first-order valence-electron chi connectivity index (χ1n) is 6.84. The zero-order chi connectivity index (χ0) is 19.9. The Balaban J connectivity index is 2.18. The van der Waals surface area contributed by atoms with Gasteiger partial charge in [-0.15, -0.1) is 0 Å². The molecule has 1 saturated heterocycles. The topological polar surface area (TPSA) is 201 Å². The average Bonchev–Trinajstić information content (AvgIpc) is 2.66. The molecule has 1 aliphatic heterocycles. The van der Waals surface area contributed by atoms with E-state index in [-0.39, 0.29) is 4.64 Å². The molecule has 1 fully saturated rings. The van der Waals surface area contributed by atoms with Crippen molar-refractivity contribution >= 4 is 27.9 Å². The minimum absolute atomic E-state index is 0.125. The number of ether oxygens (including phenoxy) is 1. The highest BCUT2D eigenvalue weighted by Crippen LogP contribution is 2.57. The van der Waals surface area contributed by atoms with Gasteiger partial charge in [0.1, 0.15) is 22.4 Å². The zero-order valence-electron chi connectivity index (χ0n) is 13.0. The molecule has 2 unspecified atom stereocenters. The molecule has 0 spiro atoms. The van der Waals surface area contributed by atoms with Gasteiger partial charge in [-0.2, -0.15) is 4.31 Å². The van der Waals surface area contributed by atoms with Crippen LogP contribution in [0, 0.1) is 4.64 Å². The summed E-state index contributed by atoms with van der Waals surface area (Å²) >= 11 is 4.79. The van der Waals surface area contributed by atoms with E-state index in [2.05, 4.69) is 13.8 Å². The number of rotatable bonds is 6. The van der Waals surface area contributed by atoms with Crippen molar-refractivity contribution in [3.8, 4) is 0 Å². The maximum absolute atomic E-state index is 11.9. The summed E-state index contributed by atoms with van der Waals surface area (Å²) < 4.78 is 36.4. The lowest BCUT2D eigenvalue weighted by Crippen LogP contribution is -2.46. The lowest BCUT2D eigenvalue weighted by molar-refractivity contribution is -0.0986. The summed E-state index contributed by atoms with van der Waals surface area (Å²) in [5.74, 6) is 0. The second-order valence-corrected chi connectivity index (χ2v) is 8.82. The molecule has 16 heteroatoms. The average molecular weight is 434 g/mol. The molecule has 0 radical (unpaired) electrons. The fourth-order valence-electron chi connectivity index (χ4n) is 2.32. The van der Waals surface area contributed by atoms with E-state index in [4.69, 9.17) is 26.7 Å². The Morgan fingerprint density at radius 1 is 1.42 bits per heavy atom. The Morgan fingerprint density at radius 3 is 2.58 bits per heavy atom. The maximum Gasteiger partial charge on any atom is 0.481 e. The maximum atomic E-state index is 11.9. The summed E-state index contributed by atoms with van der Waals surface area (Å²) in [5, 5.41) is 20.6. The van der Waals surface area contributed by atoms with Crippen LogP contribution in [0.3, 0.4) is 0 Å². The first-order valence-corrected chi connectivity index (χ1v) is 10.3. The van der Waals surface area contributed by atoms with E-state index in [1.54, 1.807) is 0 Å². The third-order valence-electron chi connectivity index (χ3n) is 3.47. The largest absolute Gasteiger partial charge is 0.481 e. The van der Waals surface area contributed by atoms with Gasteiger partial charge in [-0.25, -0.2) is 13.9 Å². The lowest BCUT2D eigenvalue weighted by atomic mass is 9.96. The summed E-state index contributed by atoms with van der Waals surface area (Å²) in [6, 6.07) is 1.34. The van der Waals surface area contributed by atoms with Gasteiger partial charge in [-0.05, 0) is 13.0 Å². The van der Waals surface area contributed by atoms with Crippen molar-refractivity contribution < 1.29 is 47.6 Å². The number of hydrogen-bond donors (Lipinski definition) is 6. The van der Waals surface area contributed by atoms with Crippen molar-refractivity contribution in [1.29, 1.82) is 0 Å². The van der Waals surface area contributed by atoms with E-state index in [1.165, 1.54) is 12.3 Å². The first kappa shape index (κ1) is 21.5. The summed E-state index contributed by atoms with van der Waals surface area (Å²) in [6.07, 6.45) is -3.31. The standard InChI is InChI=1S/C10H16N2O11P2S/c1-10(15)7(13)5(4-21-25(19,20)23-24(16,17)18)22-8(10)12-3-2-6(26)11-9(12)14/h2-3,5,7-8,13,15H,4H2,1H3,(H,19,20)(H,11,14,26)(H2,16,17,18)/t5-,7+,8-,10?/m1/s1. The predicted octanol–water partition coefficient (Wildman–Crippen LogP) is -0.859. The highest BCUT2D eigenvalue weighted by Gasteiger charge is 2.54. The molecule has 5 atom stereocenters. The van der Waals surface area contributed by atoms with Crippen molar-refractivity contribution in [1.82, 2.24) is 9.55 Å². The summed E-state index contributed by atoms with van der Waals surface area (Å²) in [4.78, 5) is 40.5. The van der Waals surface area contributed by atoms with Crippen LogP contribution in [0.1, 0.15) is 13.2 Å². The SMILES string of the molecule is CC1(O)[C@@H](O)[C@@H](COP(=O)(O)OP(=O)(O)O)O[C@H]1n1ccc(=S)[nH]c1=O. The van der Waals surface area contributed by atoms with Gasteiger partial charge >= 0.3 is 21.3 Å². The number of nitrogens with zero attached hydrogens (tertiary/aromatic N) is 1. The van der Waals surface area contributed by atoms with Crippen LogP contribution in [0.5, 0.6) is 0 Å². The fraction of sp³-hybridized carbons (Fsp3) is 0.600. The van der Waals surface area contributed by atoms with Gasteiger partial charge < -0.3 is 29.6 Å². The number of aliphatic hydroxyl groups excluding tert-OH is 1. The Morgan fingerprint density at radius 2 is 2.04 bits per heavy atom. The molecule has 2 rings (SSSR count). The van der Waals surface area contributed by atoms with Crippen LogP contribution in [0.25, 0.3) is 0 Å². The Bertz CT molecular complexity index is 876. The molecule has 2 heterocycles. The van der Waals surface area contributed by atoms with Gasteiger partial charge in [-0.1, -0.05) is 12.2 Å². The molecule has 6 N–H and O–H groups in total. The lowest BCUT2D eigenvalue weighted by Gasteiger charge is -2.27. The number of H-pyrrole nitrogens is 1. The van der Waals surface area contributed by atoms with Gasteiger partial charge in [0.15, 0.2) is 6.23 Å². The number of aromatic amines is 1. The molecule has 13 nitrogen and oxygen atoms in total. The number of nitrogens with one attached hydrogen (secondary N) is 1. The van der Waals surface area contributed by atoms with Crippen LogP contribution in [0.2, 0.25) is 0 Å². The van der Waals surface area contributed by atoms with Crippen molar-refractivity contribution in [2.45, 2.75) is 31.0 Å². The number of aromatic nitrogens is 2. The van der Waals surface area contributed by atoms with Crippen LogP contribution in [0.15, 0.2) is 17.1 Å². The van der Waals surface area contributed by atoms with Gasteiger partial charge in [0.2, 0.25) is 0 Å². The van der Waals surface area contributed by atoms with Gasteiger partial charge in [0, 0.05) is 6.20 Å². The Labute approximate surface area is 150 Å². The molecular weight excluding hydrogens is 418 g/mol. The molecule has 0 aliphatic carbocycles. The summed E-state index contributed by atoms with van der Waals surface area (Å²) in [5.41, 5.74) is -2.76. The highest BCUT2D eigenvalue weighted by atomic mass is 32.1. The zero-order valence-corrected chi connectivity index (χ0v) is 15.6. The summed E-state index contributed by atoms with van der Waals surface area (Å²) in [7, 11) is -10.5. The first-order chi connectivity index (χ1) is 11.7. The molecule has 0 amide bonds. The molecular formula is C10H16N2O11P2S. The van der Waals surface area contributed by atoms with Crippen LogP contribution >= 0.6 is 27.9 Å². The van der Waals surface area contributed by atoms with E-state index in [0.29, 0.717) is 0 Å². The molecule has 26 heavy (non-hydrogen) atoms. The fourth-order valence-corrected chi connectivity index (χ4v) is 4.06. The molecule has 1 aliphatic rings. The quantitative estimate of drug-likeness (QED) is 0.239. The minimum Gasteiger partial charge on any atom is -0.387 e. The van der Waals surface area contributed by atoms with Crippen molar-refractivity contribution in [2.24, 2.45) is 0 Å². The highest BCUT2D eigenvalue weighted by molar-refractivity contribution is 7.71. The number of hydrogen-bond acceptors (Lipinski definition) is 9. The van der Waals surface area contributed by atoms with Gasteiger partial charge in [-0.3, -0.25) is 14.1 Å². The van der Waals surface area contributed by atoms with Crippen LogP contribution in [-0.4, -0.2) is 58.9 Å². The molecule has 148 valence electrons. The predicted molar refractivity (Wildman–Crippen MR) is 85.3 cm³/mol. The van der Waals surface area contributed by atoms with Crippen LogP contribution < -0.4 is 5.69 Å². The van der Waals surface area contributed by atoms with Gasteiger partial charge in [0.25, 0.3) is 0 Å². The number of phosphoric acid groups is 2. The molecule has 0 bridgehead atoms. The van der Waals surface area contributed by atoms with Crippen molar-refractivity contribution in [3.05, 3.63) is 27.4 Å². The minimum atomic E-state index is -5.31. The Hall–Kier alpha value is -0.760. The normalized spacial score (nSPS) is 31.7. The number of phosphoric ester groups is 1. The van der Waals surface area contributed by atoms with E-state index in [9.17, 15) is 29.0 Å². The smallest absolute Gasteiger partial charge is 0.387 e. The summed E-state index contributed by atoms with van der Waals surface area (Å²) in [6.45, 7) is 0.278. The molecule has 0 aromatic carbocycles. The van der Waals surface area contributed by atoms with Gasteiger partial charge in [0.05, 0.1) is 6.61 Å². The van der Waals surface area contributed by atoms with E-state index >= 15 is 0 Å². The van der Waals surface area contributed by atoms with E-state index < -0.39 is 52.0 Å². The van der Waals surface area contributed by atoms with E-state index in [1.807, 2.05) is 0 Å². The number of aliphatic hydroxyl groups is 2.